The molecule has 3 aromatic rings. The van der Waals surface area contributed by atoms with Crippen LogP contribution in [0.1, 0.15) is 48.5 Å². The molecule has 2 fully saturated rings. The molecule has 0 radical (unpaired) electrons. The third-order valence-corrected chi connectivity index (χ3v) is 7.58. The monoisotopic (exact) mass is 514 g/mol. The number of aliphatic hydroxyl groups excluding tert-OH is 1. The number of aliphatic hydroxyl groups is 1. The number of benzene rings is 1. The van der Waals surface area contributed by atoms with Crippen LogP contribution in [0.2, 0.25) is 0 Å². The number of nitrogens with one attached hydrogen (secondary N) is 1. The van der Waals surface area contributed by atoms with Crippen molar-refractivity contribution >= 4 is 17.5 Å². The standard InChI is InChI=1S/C28H34N8O2/c29-10-8-26(21-4-1-2-5-21)36-20-23(19-31-36)25-9-11-30-28(33-25)32-24-7-3-6-22(18-24)27(38)35-14-12-34(13-15-35)16-17-37/h3,6-7,9,11,18-21,26,37H,1-2,4-5,8,12-17H2,(H,30,32,33). The van der Waals surface area contributed by atoms with Crippen molar-refractivity contribution in [2.45, 2.75) is 38.1 Å². The average molecular weight is 515 g/mol. The third kappa shape index (κ3) is 6.01. The van der Waals surface area contributed by atoms with E-state index in [2.05, 4.69) is 31.4 Å². The van der Waals surface area contributed by atoms with Gasteiger partial charge in [-0.25, -0.2) is 9.97 Å². The van der Waals surface area contributed by atoms with Gasteiger partial charge >= 0.3 is 0 Å². The summed E-state index contributed by atoms with van der Waals surface area (Å²) in [7, 11) is 0. The number of rotatable bonds is 9. The van der Waals surface area contributed by atoms with Gasteiger partial charge in [0.25, 0.3) is 5.91 Å². The van der Waals surface area contributed by atoms with E-state index < -0.39 is 0 Å². The van der Waals surface area contributed by atoms with Gasteiger partial charge in [0.2, 0.25) is 5.95 Å². The lowest BCUT2D eigenvalue weighted by molar-refractivity contribution is 0.0615. The van der Waals surface area contributed by atoms with Crippen molar-refractivity contribution in [2.75, 3.05) is 44.6 Å². The molecule has 1 amide bonds. The Labute approximate surface area is 222 Å². The topological polar surface area (TPSA) is 123 Å². The van der Waals surface area contributed by atoms with Crippen molar-refractivity contribution in [2.24, 2.45) is 5.92 Å². The molecule has 0 bridgehead atoms. The Bertz CT molecular complexity index is 1270. The lowest BCUT2D eigenvalue weighted by Gasteiger charge is -2.34. The summed E-state index contributed by atoms with van der Waals surface area (Å²) in [6, 6.07) is 11.7. The van der Waals surface area contributed by atoms with Gasteiger partial charge in [-0.05, 0) is 43.0 Å². The number of hydrogen-bond donors (Lipinski definition) is 2. The Hall–Kier alpha value is -3.81. The minimum Gasteiger partial charge on any atom is -0.395 e. The minimum atomic E-state index is -0.00596. The number of aromatic nitrogens is 4. The normalized spacial score (nSPS) is 17.3. The average Bonchev–Trinajstić information content (AvgIpc) is 3.66. The fourth-order valence-corrected chi connectivity index (χ4v) is 5.50. The molecule has 10 heteroatoms. The molecule has 2 aromatic heterocycles. The summed E-state index contributed by atoms with van der Waals surface area (Å²) in [6.07, 6.45) is 10.7. The molecular weight excluding hydrogens is 480 g/mol. The van der Waals surface area contributed by atoms with Crippen molar-refractivity contribution in [3.63, 3.8) is 0 Å². The molecule has 3 heterocycles. The molecular formula is C28H34N8O2. The van der Waals surface area contributed by atoms with Crippen LogP contribution in [0.3, 0.4) is 0 Å². The van der Waals surface area contributed by atoms with Gasteiger partial charge < -0.3 is 15.3 Å². The van der Waals surface area contributed by atoms with Gasteiger partial charge in [0.15, 0.2) is 0 Å². The van der Waals surface area contributed by atoms with Crippen molar-refractivity contribution in [1.82, 2.24) is 29.5 Å². The highest BCUT2D eigenvalue weighted by Gasteiger charge is 2.27. The largest absolute Gasteiger partial charge is 0.395 e. The summed E-state index contributed by atoms with van der Waals surface area (Å²) in [5.41, 5.74) is 2.96. The summed E-state index contributed by atoms with van der Waals surface area (Å²) >= 11 is 0. The zero-order valence-electron chi connectivity index (χ0n) is 21.5. The Balaban J connectivity index is 1.26. The van der Waals surface area contributed by atoms with E-state index in [0.717, 1.165) is 42.9 Å². The minimum absolute atomic E-state index is 0.00596. The predicted molar refractivity (Wildman–Crippen MR) is 144 cm³/mol. The van der Waals surface area contributed by atoms with Gasteiger partial charge in [-0.1, -0.05) is 18.9 Å². The molecule has 198 valence electrons. The number of hydrogen-bond acceptors (Lipinski definition) is 8. The van der Waals surface area contributed by atoms with Crippen LogP contribution < -0.4 is 5.32 Å². The Morgan fingerprint density at radius 3 is 2.76 bits per heavy atom. The van der Waals surface area contributed by atoms with E-state index in [1.165, 1.54) is 12.8 Å². The zero-order valence-corrected chi connectivity index (χ0v) is 21.5. The van der Waals surface area contributed by atoms with Gasteiger partial charge in [-0.3, -0.25) is 14.4 Å². The first-order valence-electron chi connectivity index (χ1n) is 13.4. The molecule has 1 aliphatic carbocycles. The Morgan fingerprint density at radius 2 is 2.00 bits per heavy atom. The summed E-state index contributed by atoms with van der Waals surface area (Å²) in [5, 5.41) is 26.3. The molecule has 38 heavy (non-hydrogen) atoms. The molecule has 10 nitrogen and oxygen atoms in total. The third-order valence-electron chi connectivity index (χ3n) is 7.58. The first-order valence-corrected chi connectivity index (χ1v) is 13.4. The smallest absolute Gasteiger partial charge is 0.254 e. The predicted octanol–water partition coefficient (Wildman–Crippen LogP) is 3.48. The molecule has 1 saturated heterocycles. The van der Waals surface area contributed by atoms with Crippen molar-refractivity contribution in [1.29, 1.82) is 5.26 Å². The summed E-state index contributed by atoms with van der Waals surface area (Å²) in [5.74, 6) is 0.917. The Morgan fingerprint density at radius 1 is 1.18 bits per heavy atom. The summed E-state index contributed by atoms with van der Waals surface area (Å²) < 4.78 is 1.93. The molecule has 1 aromatic carbocycles. The number of nitrogens with zero attached hydrogens (tertiary/aromatic N) is 7. The first-order chi connectivity index (χ1) is 18.6. The maximum absolute atomic E-state index is 13.1. The van der Waals surface area contributed by atoms with E-state index in [9.17, 15) is 10.1 Å². The van der Waals surface area contributed by atoms with Crippen LogP contribution >= 0.6 is 0 Å². The fraction of sp³-hybridized carbons (Fsp3) is 0.464. The van der Waals surface area contributed by atoms with E-state index in [1.54, 1.807) is 12.4 Å². The second-order valence-corrected chi connectivity index (χ2v) is 10.0. The number of piperazine rings is 1. The molecule has 1 unspecified atom stereocenters. The van der Waals surface area contributed by atoms with Crippen molar-refractivity contribution in [3.8, 4) is 17.3 Å². The van der Waals surface area contributed by atoms with E-state index in [4.69, 9.17) is 5.11 Å². The Kier molecular flexibility index (Phi) is 8.26. The molecule has 1 atom stereocenters. The highest BCUT2D eigenvalue weighted by Crippen LogP contribution is 2.36. The van der Waals surface area contributed by atoms with E-state index in [-0.39, 0.29) is 18.6 Å². The number of carbonyl (C=O) groups excluding carboxylic acids is 1. The van der Waals surface area contributed by atoms with E-state index >= 15 is 0 Å². The lowest BCUT2D eigenvalue weighted by atomic mass is 9.96. The quantitative estimate of drug-likeness (QED) is 0.445. The fourth-order valence-electron chi connectivity index (χ4n) is 5.50. The van der Waals surface area contributed by atoms with Crippen LogP contribution in [-0.4, -0.2) is 79.9 Å². The highest BCUT2D eigenvalue weighted by atomic mass is 16.3. The summed E-state index contributed by atoms with van der Waals surface area (Å²) in [6.45, 7) is 3.59. The highest BCUT2D eigenvalue weighted by molar-refractivity contribution is 5.95. The van der Waals surface area contributed by atoms with Crippen LogP contribution in [0.4, 0.5) is 11.6 Å². The zero-order chi connectivity index (χ0) is 26.3. The lowest BCUT2D eigenvalue weighted by Crippen LogP contribution is -2.49. The van der Waals surface area contributed by atoms with Gasteiger partial charge in [0.05, 0.1) is 37.0 Å². The second-order valence-electron chi connectivity index (χ2n) is 10.0. The van der Waals surface area contributed by atoms with Crippen LogP contribution in [0.5, 0.6) is 0 Å². The number of carbonyl (C=O) groups is 1. The molecule has 1 aliphatic heterocycles. The van der Waals surface area contributed by atoms with Crippen LogP contribution in [0, 0.1) is 17.2 Å². The number of β-amino-alcohol motifs (C(OH)–C–C–N with tert-alkyl or cyclic N) is 1. The molecule has 5 rings (SSSR count). The van der Waals surface area contributed by atoms with Gasteiger partial charge in [0, 0.05) is 61.9 Å². The van der Waals surface area contributed by atoms with Crippen LogP contribution in [0.15, 0.2) is 48.9 Å². The van der Waals surface area contributed by atoms with Crippen LogP contribution in [-0.2, 0) is 0 Å². The van der Waals surface area contributed by atoms with Gasteiger partial charge in [0.1, 0.15) is 0 Å². The van der Waals surface area contributed by atoms with E-state index in [1.807, 2.05) is 46.1 Å². The SMILES string of the molecule is N#CCC(C1CCCC1)n1cc(-c2ccnc(Nc3cccc(C(=O)N4CCN(CCO)CC4)c3)n2)cn1. The summed E-state index contributed by atoms with van der Waals surface area (Å²) in [4.78, 5) is 26.1. The molecule has 1 saturated carbocycles. The molecule has 0 spiro atoms. The van der Waals surface area contributed by atoms with Crippen LogP contribution in [0.25, 0.3) is 11.3 Å². The number of nitriles is 1. The van der Waals surface area contributed by atoms with Gasteiger partial charge in [-0.15, -0.1) is 0 Å². The number of anilines is 2. The second kappa shape index (κ2) is 12.2. The maximum atomic E-state index is 13.1. The van der Waals surface area contributed by atoms with Crippen molar-refractivity contribution < 1.29 is 9.90 Å². The first kappa shape index (κ1) is 25.8. The van der Waals surface area contributed by atoms with Gasteiger partial charge in [-0.2, -0.15) is 10.4 Å². The maximum Gasteiger partial charge on any atom is 0.254 e. The number of amides is 1. The molecule has 2 aliphatic rings. The van der Waals surface area contributed by atoms with E-state index in [0.29, 0.717) is 43.5 Å². The van der Waals surface area contributed by atoms with Crippen molar-refractivity contribution in [3.05, 3.63) is 54.5 Å². The molecule has 2 N–H and O–H groups in total.